The van der Waals surface area contributed by atoms with E-state index in [4.69, 9.17) is 16.3 Å². The van der Waals surface area contributed by atoms with Gasteiger partial charge in [-0.2, -0.15) is 4.98 Å². The molecule has 0 N–H and O–H groups in total. The fourth-order valence-corrected chi connectivity index (χ4v) is 5.31. The van der Waals surface area contributed by atoms with E-state index in [0.29, 0.717) is 35.6 Å². The molecule has 1 saturated heterocycles. The molecule has 0 aliphatic carbocycles. The van der Waals surface area contributed by atoms with E-state index in [1.165, 1.54) is 17.0 Å². The molecule has 1 aliphatic rings. The Morgan fingerprint density at radius 2 is 1.60 bits per heavy atom. The molecule has 3 aromatic rings. The molecule has 12 heteroatoms. The minimum atomic E-state index is -0.728. The summed E-state index contributed by atoms with van der Waals surface area (Å²) in [5.74, 6) is -0.546. The topological polar surface area (TPSA) is 106 Å². The Kier molecular flexibility index (Phi) is 8.08. The summed E-state index contributed by atoms with van der Waals surface area (Å²) in [4.78, 5) is 48.1. The fourth-order valence-electron chi connectivity index (χ4n) is 5.18. The van der Waals surface area contributed by atoms with Crippen molar-refractivity contribution in [3.05, 3.63) is 45.2 Å². The number of halogens is 2. The van der Waals surface area contributed by atoms with Gasteiger partial charge in [0, 0.05) is 13.1 Å². The Balaban J connectivity index is 1.90. The molecule has 4 rings (SSSR count). The summed E-state index contributed by atoms with van der Waals surface area (Å²) in [7, 11) is 0. The van der Waals surface area contributed by atoms with Gasteiger partial charge in [0.1, 0.15) is 17.7 Å². The van der Waals surface area contributed by atoms with Crippen LogP contribution in [0.5, 0.6) is 0 Å². The Morgan fingerprint density at radius 1 is 1.05 bits per heavy atom. The number of anilines is 1. The number of carbonyl (C=O) groups is 1. The number of rotatable bonds is 4. The van der Waals surface area contributed by atoms with E-state index < -0.39 is 23.2 Å². The van der Waals surface area contributed by atoms with Gasteiger partial charge in [-0.1, -0.05) is 39.3 Å². The average Bonchev–Trinajstić information content (AvgIpc) is 2.82. The second kappa shape index (κ2) is 10.9. The maximum atomic E-state index is 14.9. The monoisotopic (exact) mass is 573 g/mol. The zero-order valence-corrected chi connectivity index (χ0v) is 25.2. The maximum Gasteiger partial charge on any atom is 0.410 e. The largest absolute Gasteiger partial charge is 0.444 e. The summed E-state index contributed by atoms with van der Waals surface area (Å²) in [6.07, 6.45) is 1.07. The number of aromatic nitrogens is 5. The molecule has 3 aromatic heterocycles. The summed E-state index contributed by atoms with van der Waals surface area (Å²) in [5, 5.41) is -0.0387. The van der Waals surface area contributed by atoms with Gasteiger partial charge in [0.15, 0.2) is 16.6 Å². The van der Waals surface area contributed by atoms with E-state index in [-0.39, 0.29) is 40.5 Å². The molecule has 0 radical (unpaired) electrons. The summed E-state index contributed by atoms with van der Waals surface area (Å²) in [5.41, 5.74) is 0.692. The van der Waals surface area contributed by atoms with Gasteiger partial charge in [0.25, 0.3) is 0 Å². The highest BCUT2D eigenvalue weighted by molar-refractivity contribution is 6.30. The van der Waals surface area contributed by atoms with Crippen molar-refractivity contribution in [2.24, 2.45) is 0 Å². The van der Waals surface area contributed by atoms with Gasteiger partial charge in [-0.25, -0.2) is 33.5 Å². The SMILES string of the molecule is CC(C)c1ncnc(C(C)C)c1-n1c(=O)nc(N2C[C@@H](C)N(C(=O)OC(C)(C)C)[C@@H](C)C2)c2cc(F)c(Cl)nc21. The summed E-state index contributed by atoms with van der Waals surface area (Å²) in [6, 6.07) is 0.711. The van der Waals surface area contributed by atoms with Gasteiger partial charge < -0.3 is 9.64 Å². The molecule has 0 spiro atoms. The van der Waals surface area contributed by atoms with Gasteiger partial charge in [-0.05, 0) is 52.5 Å². The van der Waals surface area contributed by atoms with Gasteiger partial charge >= 0.3 is 11.8 Å². The molecular weight excluding hydrogens is 537 g/mol. The van der Waals surface area contributed by atoms with Crippen molar-refractivity contribution in [1.29, 1.82) is 0 Å². The molecule has 0 unspecified atom stereocenters. The minimum Gasteiger partial charge on any atom is -0.444 e. The molecule has 0 aromatic carbocycles. The van der Waals surface area contributed by atoms with Crippen LogP contribution in [0.4, 0.5) is 15.0 Å². The van der Waals surface area contributed by atoms with E-state index in [1.54, 1.807) is 4.90 Å². The molecule has 0 saturated carbocycles. The van der Waals surface area contributed by atoms with Gasteiger partial charge in [-0.3, -0.25) is 4.90 Å². The van der Waals surface area contributed by atoms with Crippen LogP contribution in [-0.4, -0.2) is 66.3 Å². The highest BCUT2D eigenvalue weighted by atomic mass is 35.5. The van der Waals surface area contributed by atoms with E-state index >= 15 is 0 Å². The lowest BCUT2D eigenvalue weighted by molar-refractivity contribution is 0.00562. The Hall–Kier alpha value is -3.34. The fraction of sp³-hybridized carbons (Fsp3) is 0.571. The highest BCUT2D eigenvalue weighted by Gasteiger charge is 2.37. The Morgan fingerprint density at radius 3 is 2.10 bits per heavy atom. The van der Waals surface area contributed by atoms with E-state index in [0.717, 1.165) is 0 Å². The summed E-state index contributed by atoms with van der Waals surface area (Å²) >= 11 is 6.17. The van der Waals surface area contributed by atoms with Crippen LogP contribution in [0.15, 0.2) is 17.2 Å². The number of hydrogen-bond acceptors (Lipinski definition) is 8. The van der Waals surface area contributed by atoms with Gasteiger partial charge in [0.2, 0.25) is 0 Å². The quantitative estimate of drug-likeness (QED) is 0.380. The van der Waals surface area contributed by atoms with Crippen molar-refractivity contribution in [3.63, 3.8) is 0 Å². The summed E-state index contributed by atoms with van der Waals surface area (Å²) in [6.45, 7) is 17.8. The van der Waals surface area contributed by atoms with Crippen molar-refractivity contribution in [1.82, 2.24) is 29.4 Å². The number of amides is 1. The number of carbonyl (C=O) groups excluding carboxylic acids is 1. The highest BCUT2D eigenvalue weighted by Crippen LogP contribution is 2.33. The third-order valence-corrected chi connectivity index (χ3v) is 7.04. The molecule has 40 heavy (non-hydrogen) atoms. The maximum absolute atomic E-state index is 14.9. The van der Waals surface area contributed by atoms with Crippen molar-refractivity contribution in [3.8, 4) is 5.69 Å². The predicted molar refractivity (Wildman–Crippen MR) is 153 cm³/mol. The Labute approximate surface area is 238 Å². The number of ether oxygens (including phenoxy) is 1. The van der Waals surface area contributed by atoms with Gasteiger partial charge in [0.05, 0.1) is 34.5 Å². The first-order valence-corrected chi connectivity index (χ1v) is 13.9. The lowest BCUT2D eigenvalue weighted by atomic mass is 10.0. The smallest absolute Gasteiger partial charge is 0.410 e. The predicted octanol–water partition coefficient (Wildman–Crippen LogP) is 5.44. The van der Waals surface area contributed by atoms with Crippen LogP contribution in [0.3, 0.4) is 0 Å². The van der Waals surface area contributed by atoms with Crippen LogP contribution >= 0.6 is 11.6 Å². The number of pyridine rings is 1. The van der Waals surface area contributed by atoms with E-state index in [2.05, 4.69) is 19.9 Å². The molecule has 2 atom stereocenters. The van der Waals surface area contributed by atoms with Crippen molar-refractivity contribution < 1.29 is 13.9 Å². The molecule has 1 amide bonds. The van der Waals surface area contributed by atoms with Crippen LogP contribution in [0.1, 0.15) is 85.5 Å². The van der Waals surface area contributed by atoms with Crippen LogP contribution in [0.2, 0.25) is 5.15 Å². The number of piperazine rings is 1. The molecule has 10 nitrogen and oxygen atoms in total. The number of fused-ring (bicyclic) bond motifs is 1. The van der Waals surface area contributed by atoms with E-state index in [1.807, 2.05) is 67.2 Å². The van der Waals surface area contributed by atoms with Crippen molar-refractivity contribution >= 4 is 34.5 Å². The minimum absolute atomic E-state index is 0.0457. The third kappa shape index (κ3) is 5.61. The number of hydrogen-bond donors (Lipinski definition) is 0. The first-order valence-electron chi connectivity index (χ1n) is 13.5. The first-order chi connectivity index (χ1) is 18.6. The van der Waals surface area contributed by atoms with Crippen LogP contribution in [0, 0.1) is 5.82 Å². The van der Waals surface area contributed by atoms with E-state index in [9.17, 15) is 14.0 Å². The Bertz CT molecular complexity index is 1460. The first kappa shape index (κ1) is 29.6. The van der Waals surface area contributed by atoms with Crippen LogP contribution in [-0.2, 0) is 4.74 Å². The second-order valence-electron chi connectivity index (χ2n) is 12.0. The molecule has 1 aliphatic heterocycles. The molecular formula is C28H37ClFN7O3. The molecule has 0 bridgehead atoms. The lowest BCUT2D eigenvalue weighted by Crippen LogP contribution is -2.59. The van der Waals surface area contributed by atoms with Gasteiger partial charge in [-0.15, -0.1) is 0 Å². The lowest BCUT2D eigenvalue weighted by Gasteiger charge is -2.45. The zero-order chi connectivity index (χ0) is 29.7. The summed E-state index contributed by atoms with van der Waals surface area (Å²) < 4.78 is 21.9. The standard InChI is InChI=1S/C28H37ClFN7O3/c1-14(2)20-22(21(15(3)4)32-13-31-20)37-25-18(10-19(30)23(29)33-25)24(34-26(37)38)35-11-16(5)36(17(6)12-35)27(39)40-28(7,8)9/h10,13-17H,11-12H2,1-9H3/t16-,17+. The molecule has 1 fully saturated rings. The van der Waals surface area contributed by atoms with Crippen LogP contribution < -0.4 is 10.6 Å². The van der Waals surface area contributed by atoms with Crippen LogP contribution in [0.25, 0.3) is 16.7 Å². The normalized spacial score (nSPS) is 18.2. The molecule has 216 valence electrons. The average molecular weight is 574 g/mol. The van der Waals surface area contributed by atoms with Crippen molar-refractivity contribution in [2.75, 3.05) is 18.0 Å². The second-order valence-corrected chi connectivity index (χ2v) is 12.3. The third-order valence-electron chi connectivity index (χ3n) is 6.78. The van der Waals surface area contributed by atoms with Crippen molar-refractivity contribution in [2.45, 2.75) is 91.8 Å². The molecule has 4 heterocycles. The zero-order valence-electron chi connectivity index (χ0n) is 24.5. The number of nitrogens with zero attached hydrogens (tertiary/aromatic N) is 7.